The number of hydrogen-bond acceptors (Lipinski definition) is 5. The highest BCUT2D eigenvalue weighted by atomic mass is 16.4. The van der Waals surface area contributed by atoms with Crippen LogP contribution in [-0.4, -0.2) is 43.5 Å². The van der Waals surface area contributed by atoms with Crippen molar-refractivity contribution in [3.8, 4) is 0 Å². The van der Waals surface area contributed by atoms with Gasteiger partial charge in [-0.1, -0.05) is 30.3 Å². The molecule has 2 heterocycles. The molecule has 0 aliphatic carbocycles. The minimum atomic E-state index is -1.20. The van der Waals surface area contributed by atoms with Crippen molar-refractivity contribution < 1.29 is 19.5 Å². The quantitative estimate of drug-likeness (QED) is 0.399. The Bertz CT molecular complexity index is 1310. The number of carbonyl (C=O) groups excluding carboxylic acids is 2. The molecular formula is C22H21N5O4. The summed E-state index contributed by atoms with van der Waals surface area (Å²) in [6.45, 7) is 0.297. The first kappa shape index (κ1) is 20.3. The Labute approximate surface area is 176 Å². The summed E-state index contributed by atoms with van der Waals surface area (Å²) in [5.41, 5.74) is 8.92. The van der Waals surface area contributed by atoms with Crippen molar-refractivity contribution in [2.24, 2.45) is 5.73 Å². The fraction of sp³-hybridized carbons (Fsp3) is 0.227. The van der Waals surface area contributed by atoms with Gasteiger partial charge in [-0.05, 0) is 24.6 Å². The van der Waals surface area contributed by atoms with Crippen LogP contribution in [0.1, 0.15) is 19.3 Å². The van der Waals surface area contributed by atoms with Crippen LogP contribution >= 0.6 is 0 Å². The van der Waals surface area contributed by atoms with Gasteiger partial charge >= 0.3 is 5.97 Å². The number of nitrogens with one attached hydrogen (secondary N) is 1. The average Bonchev–Trinajstić information content (AvgIpc) is 3.06. The smallest absolute Gasteiger partial charge is 0.326 e. The van der Waals surface area contributed by atoms with E-state index in [2.05, 4.69) is 5.32 Å². The highest BCUT2D eigenvalue weighted by Gasteiger charge is 2.21. The molecule has 31 heavy (non-hydrogen) atoms. The maximum absolute atomic E-state index is 12.4. The first-order chi connectivity index (χ1) is 14.9. The predicted molar refractivity (Wildman–Crippen MR) is 115 cm³/mol. The fourth-order valence-electron chi connectivity index (χ4n) is 3.63. The first-order valence-electron chi connectivity index (χ1n) is 9.88. The highest BCUT2D eigenvalue weighted by Crippen LogP contribution is 2.28. The van der Waals surface area contributed by atoms with E-state index in [1.165, 1.54) is 0 Å². The Hall–Kier alpha value is -4.01. The number of hydrogen-bond donors (Lipinski definition) is 3. The number of benzene rings is 2. The summed E-state index contributed by atoms with van der Waals surface area (Å²) < 4.78 is 1.92. The molecule has 0 aliphatic heterocycles. The van der Waals surface area contributed by atoms with Crippen LogP contribution < -0.4 is 11.1 Å². The minimum Gasteiger partial charge on any atom is -0.480 e. The van der Waals surface area contributed by atoms with Gasteiger partial charge in [0.25, 0.3) is 0 Å². The molecule has 4 N–H and O–H groups in total. The number of aryl methyl sites for hydroxylation is 1. The molecule has 0 aliphatic rings. The lowest BCUT2D eigenvalue weighted by molar-refractivity contribution is -0.142. The van der Waals surface area contributed by atoms with Gasteiger partial charge in [-0.2, -0.15) is 0 Å². The number of rotatable bonds is 8. The van der Waals surface area contributed by atoms with Gasteiger partial charge in [0.15, 0.2) is 5.65 Å². The van der Waals surface area contributed by atoms with E-state index in [9.17, 15) is 19.5 Å². The SMILES string of the molecule is NC(=O)CCC(NC(=O)CCn1c2ccccc2c2nc3ccccc3nc21)C(=O)O. The predicted octanol–water partition coefficient (Wildman–Crippen LogP) is 1.96. The molecule has 2 amide bonds. The summed E-state index contributed by atoms with van der Waals surface area (Å²) in [5, 5.41) is 12.7. The van der Waals surface area contributed by atoms with Crippen molar-refractivity contribution in [2.75, 3.05) is 0 Å². The number of nitrogens with two attached hydrogens (primary N) is 1. The van der Waals surface area contributed by atoms with Gasteiger partial charge in [0, 0.05) is 24.8 Å². The number of nitrogens with zero attached hydrogens (tertiary/aromatic N) is 3. The lowest BCUT2D eigenvalue weighted by Crippen LogP contribution is -2.41. The summed E-state index contributed by atoms with van der Waals surface area (Å²) in [4.78, 5) is 44.3. The van der Waals surface area contributed by atoms with E-state index in [0.29, 0.717) is 12.2 Å². The normalized spacial score (nSPS) is 12.3. The zero-order chi connectivity index (χ0) is 22.0. The van der Waals surface area contributed by atoms with Crippen LogP contribution in [0.25, 0.3) is 33.1 Å². The molecule has 158 valence electrons. The second kappa shape index (κ2) is 8.39. The summed E-state index contributed by atoms with van der Waals surface area (Å²) in [6, 6.07) is 14.1. The van der Waals surface area contributed by atoms with Crippen molar-refractivity contribution in [3.05, 3.63) is 48.5 Å². The van der Waals surface area contributed by atoms with Gasteiger partial charge < -0.3 is 20.7 Å². The maximum atomic E-state index is 12.4. The van der Waals surface area contributed by atoms with Crippen molar-refractivity contribution >= 4 is 50.9 Å². The van der Waals surface area contributed by atoms with Gasteiger partial charge in [0.2, 0.25) is 11.8 Å². The van der Waals surface area contributed by atoms with Gasteiger partial charge in [0.05, 0.1) is 16.6 Å². The van der Waals surface area contributed by atoms with Crippen LogP contribution in [0.2, 0.25) is 0 Å². The largest absolute Gasteiger partial charge is 0.480 e. The van der Waals surface area contributed by atoms with Crippen LogP contribution in [-0.2, 0) is 20.9 Å². The Kier molecular flexibility index (Phi) is 5.48. The zero-order valence-electron chi connectivity index (χ0n) is 16.6. The lowest BCUT2D eigenvalue weighted by atomic mass is 10.1. The fourth-order valence-corrected chi connectivity index (χ4v) is 3.63. The number of aromatic nitrogens is 3. The zero-order valence-corrected chi connectivity index (χ0v) is 16.6. The monoisotopic (exact) mass is 419 g/mol. The lowest BCUT2D eigenvalue weighted by Gasteiger charge is -2.14. The number of carboxylic acids is 1. The summed E-state index contributed by atoms with van der Waals surface area (Å²) >= 11 is 0. The van der Waals surface area contributed by atoms with Crippen molar-refractivity contribution in [1.82, 2.24) is 19.9 Å². The van der Waals surface area contributed by atoms with Crippen molar-refractivity contribution in [2.45, 2.75) is 31.8 Å². The topological polar surface area (TPSA) is 140 Å². The molecule has 9 nitrogen and oxygen atoms in total. The number of amides is 2. The van der Waals surface area contributed by atoms with Crippen LogP contribution in [0.15, 0.2) is 48.5 Å². The molecular weight excluding hydrogens is 398 g/mol. The van der Waals surface area contributed by atoms with Gasteiger partial charge in [-0.3, -0.25) is 9.59 Å². The Morgan fingerprint density at radius 2 is 1.68 bits per heavy atom. The maximum Gasteiger partial charge on any atom is 0.326 e. The first-order valence-corrected chi connectivity index (χ1v) is 9.88. The molecule has 0 fully saturated rings. The third-order valence-corrected chi connectivity index (χ3v) is 5.13. The van der Waals surface area contributed by atoms with E-state index in [0.717, 1.165) is 27.5 Å². The number of carbonyl (C=O) groups is 3. The summed E-state index contributed by atoms with van der Waals surface area (Å²) in [6.07, 6.45) is -0.126. The molecule has 0 saturated heterocycles. The van der Waals surface area contributed by atoms with Crippen LogP contribution in [0.4, 0.5) is 0 Å². The summed E-state index contributed by atoms with van der Waals surface area (Å²) in [5.74, 6) is -2.25. The van der Waals surface area contributed by atoms with Gasteiger partial charge in [0.1, 0.15) is 11.6 Å². The number of primary amides is 1. The molecule has 1 unspecified atom stereocenters. The molecule has 2 aromatic carbocycles. The average molecular weight is 419 g/mol. The molecule has 0 spiro atoms. The van der Waals surface area contributed by atoms with Crippen molar-refractivity contribution in [1.29, 1.82) is 0 Å². The Morgan fingerprint density at radius 3 is 2.39 bits per heavy atom. The number of fused-ring (bicyclic) bond motifs is 4. The number of carboxylic acid groups (broad SMARTS) is 1. The number of aliphatic carboxylic acids is 1. The highest BCUT2D eigenvalue weighted by molar-refractivity contribution is 6.06. The summed E-state index contributed by atoms with van der Waals surface area (Å²) in [7, 11) is 0. The van der Waals surface area contributed by atoms with Gasteiger partial charge in [-0.15, -0.1) is 0 Å². The second-order valence-electron chi connectivity index (χ2n) is 7.27. The number of para-hydroxylation sites is 3. The van der Waals surface area contributed by atoms with E-state index in [-0.39, 0.29) is 19.3 Å². The molecule has 9 heteroatoms. The Balaban J connectivity index is 1.61. The third-order valence-electron chi connectivity index (χ3n) is 5.13. The standard InChI is InChI=1S/C22H21N5O4/c23-18(28)10-9-16(22(30)31)24-19(29)11-12-27-17-8-4-1-5-13(17)20-21(27)26-15-7-3-2-6-14(15)25-20/h1-8,16H,9-12H2,(H2,23,28)(H,24,29)(H,30,31). The van der Waals surface area contributed by atoms with Crippen LogP contribution in [0.3, 0.4) is 0 Å². The second-order valence-corrected chi connectivity index (χ2v) is 7.27. The molecule has 0 radical (unpaired) electrons. The van der Waals surface area contributed by atoms with E-state index in [1.807, 2.05) is 53.1 Å². The van der Waals surface area contributed by atoms with E-state index < -0.39 is 23.8 Å². The van der Waals surface area contributed by atoms with E-state index in [1.54, 1.807) is 0 Å². The third kappa shape index (κ3) is 4.16. The Morgan fingerprint density at radius 1 is 1.00 bits per heavy atom. The van der Waals surface area contributed by atoms with Crippen LogP contribution in [0.5, 0.6) is 0 Å². The molecule has 4 aromatic rings. The molecule has 1 atom stereocenters. The van der Waals surface area contributed by atoms with Crippen LogP contribution in [0, 0.1) is 0 Å². The molecule has 2 aromatic heterocycles. The van der Waals surface area contributed by atoms with E-state index >= 15 is 0 Å². The molecule has 4 rings (SSSR count). The van der Waals surface area contributed by atoms with Gasteiger partial charge in [-0.25, -0.2) is 14.8 Å². The molecule has 0 saturated carbocycles. The molecule has 0 bridgehead atoms. The van der Waals surface area contributed by atoms with Crippen molar-refractivity contribution in [3.63, 3.8) is 0 Å². The van der Waals surface area contributed by atoms with E-state index in [4.69, 9.17) is 15.7 Å². The minimum absolute atomic E-state index is 0.0443.